The third-order valence-corrected chi connectivity index (χ3v) is 4.89. The first kappa shape index (κ1) is 20.4. The van der Waals surface area contributed by atoms with Crippen molar-refractivity contribution in [2.24, 2.45) is 11.8 Å². The molecule has 2 atom stereocenters. The molecule has 1 fully saturated rings. The highest BCUT2D eigenvalue weighted by Crippen LogP contribution is 2.26. The minimum atomic E-state index is -0.0800. The Labute approximate surface area is 155 Å². The van der Waals surface area contributed by atoms with Crippen LogP contribution in [0, 0.1) is 11.8 Å². The van der Waals surface area contributed by atoms with Crippen LogP contribution in [0.4, 0.5) is 0 Å². The predicted molar refractivity (Wildman–Crippen MR) is 99.6 cm³/mol. The van der Waals surface area contributed by atoms with E-state index < -0.39 is 0 Å². The van der Waals surface area contributed by atoms with Gasteiger partial charge in [0.2, 0.25) is 11.8 Å². The number of nitrogens with zero attached hydrogens (tertiary/aromatic N) is 1. The van der Waals surface area contributed by atoms with Gasteiger partial charge in [-0.05, 0) is 44.2 Å². The summed E-state index contributed by atoms with van der Waals surface area (Å²) in [5.41, 5.74) is 0.987. The second-order valence-electron chi connectivity index (χ2n) is 7.14. The van der Waals surface area contributed by atoms with Crippen molar-refractivity contribution in [1.82, 2.24) is 21.1 Å². The van der Waals surface area contributed by atoms with E-state index in [0.29, 0.717) is 31.3 Å². The van der Waals surface area contributed by atoms with Gasteiger partial charge in [0.05, 0.1) is 5.69 Å². The Morgan fingerprint density at radius 2 is 2.12 bits per heavy atom. The van der Waals surface area contributed by atoms with Crippen LogP contribution in [0.1, 0.15) is 51.0 Å². The molecule has 26 heavy (non-hydrogen) atoms. The molecule has 0 spiro atoms. The molecule has 2 rings (SSSR count). The Morgan fingerprint density at radius 1 is 1.31 bits per heavy atom. The first-order valence-corrected chi connectivity index (χ1v) is 9.74. The second kappa shape index (κ2) is 11.0. The number of unbranched alkanes of at least 4 members (excludes halogenated alkanes) is 1. The van der Waals surface area contributed by atoms with Crippen molar-refractivity contribution >= 4 is 11.8 Å². The molecule has 1 aromatic rings. The Bertz CT molecular complexity index is 573. The van der Waals surface area contributed by atoms with Gasteiger partial charge in [0.25, 0.3) is 0 Å². The van der Waals surface area contributed by atoms with Gasteiger partial charge < -0.3 is 20.5 Å². The van der Waals surface area contributed by atoms with Gasteiger partial charge in [0, 0.05) is 38.9 Å². The summed E-state index contributed by atoms with van der Waals surface area (Å²) in [4.78, 5) is 23.0. The number of aromatic nitrogens is 1. The molecule has 2 unspecified atom stereocenters. The summed E-state index contributed by atoms with van der Waals surface area (Å²) in [7, 11) is 0. The molecule has 146 valence electrons. The fourth-order valence-electron chi connectivity index (χ4n) is 3.43. The second-order valence-corrected chi connectivity index (χ2v) is 7.14. The molecule has 1 saturated heterocycles. The molecule has 0 bridgehead atoms. The van der Waals surface area contributed by atoms with Gasteiger partial charge in [-0.3, -0.25) is 9.59 Å². The molecule has 1 aliphatic rings. The van der Waals surface area contributed by atoms with Crippen LogP contribution in [0.2, 0.25) is 0 Å². The summed E-state index contributed by atoms with van der Waals surface area (Å²) in [6, 6.07) is 2.06. The van der Waals surface area contributed by atoms with Crippen LogP contribution < -0.4 is 16.0 Å². The molecule has 1 aromatic heterocycles. The quantitative estimate of drug-likeness (QED) is 0.546. The Kier molecular flexibility index (Phi) is 8.61. The van der Waals surface area contributed by atoms with E-state index in [-0.39, 0.29) is 11.8 Å². The number of hydrogen-bond donors (Lipinski definition) is 3. The van der Waals surface area contributed by atoms with Crippen molar-refractivity contribution in [3.8, 4) is 0 Å². The lowest BCUT2D eigenvalue weighted by Crippen LogP contribution is -2.41. The third kappa shape index (κ3) is 7.15. The summed E-state index contributed by atoms with van der Waals surface area (Å²) in [5, 5.41) is 13.2. The molecule has 7 nitrogen and oxygen atoms in total. The molecule has 0 aromatic carbocycles. The third-order valence-electron chi connectivity index (χ3n) is 4.89. The fraction of sp³-hybridized carbons (Fsp3) is 0.737. The highest BCUT2D eigenvalue weighted by Gasteiger charge is 2.28. The van der Waals surface area contributed by atoms with Gasteiger partial charge in [-0.2, -0.15) is 0 Å². The minimum absolute atomic E-state index is 0.0519. The van der Waals surface area contributed by atoms with Crippen molar-refractivity contribution in [2.75, 3.05) is 26.2 Å². The number of hydrogen-bond acceptors (Lipinski definition) is 5. The fourth-order valence-corrected chi connectivity index (χ4v) is 3.43. The van der Waals surface area contributed by atoms with Gasteiger partial charge in [-0.15, -0.1) is 0 Å². The molecule has 0 radical (unpaired) electrons. The molecule has 2 heterocycles. The molecule has 0 saturated carbocycles. The summed E-state index contributed by atoms with van der Waals surface area (Å²) in [5.74, 6) is 1.65. The number of nitrogens with one attached hydrogen (secondary N) is 3. The smallest absolute Gasteiger partial charge is 0.220 e. The van der Waals surface area contributed by atoms with Crippen molar-refractivity contribution in [3.63, 3.8) is 0 Å². The lowest BCUT2D eigenvalue weighted by molar-refractivity contribution is -0.123. The maximum Gasteiger partial charge on any atom is 0.220 e. The van der Waals surface area contributed by atoms with Gasteiger partial charge in [-0.1, -0.05) is 18.5 Å². The zero-order valence-electron chi connectivity index (χ0n) is 16.0. The van der Waals surface area contributed by atoms with Crippen molar-refractivity contribution in [2.45, 2.75) is 52.4 Å². The lowest BCUT2D eigenvalue weighted by atomic mass is 9.81. The van der Waals surface area contributed by atoms with Crippen LogP contribution in [-0.2, 0) is 22.4 Å². The highest BCUT2D eigenvalue weighted by molar-refractivity contribution is 5.76. The van der Waals surface area contributed by atoms with Crippen LogP contribution in [0.3, 0.4) is 0 Å². The highest BCUT2D eigenvalue weighted by atomic mass is 16.5. The first-order chi connectivity index (χ1) is 12.6. The Balaban J connectivity index is 1.79. The number of carbonyl (C=O) groups is 2. The Morgan fingerprint density at radius 3 is 2.88 bits per heavy atom. The van der Waals surface area contributed by atoms with Crippen molar-refractivity contribution in [1.29, 1.82) is 0 Å². The number of aryl methyl sites for hydroxylation is 1. The maximum absolute atomic E-state index is 12.2. The standard InChI is InChI=1S/C19H32N4O3/c1-3-4-5-18-12-17(23-26-18)10-16-13-20-7-6-15(16)11-19(25)22-9-8-21-14(2)24/h12,15-16,20H,3-11,13H2,1-2H3,(H,21,24)(H,22,25). The van der Waals surface area contributed by atoms with Crippen LogP contribution in [0.25, 0.3) is 0 Å². The number of rotatable bonds is 10. The van der Waals surface area contributed by atoms with Gasteiger partial charge >= 0.3 is 0 Å². The van der Waals surface area contributed by atoms with Gasteiger partial charge in [0.1, 0.15) is 5.76 Å². The van der Waals surface area contributed by atoms with Crippen molar-refractivity contribution in [3.05, 3.63) is 17.5 Å². The average Bonchev–Trinajstić information content (AvgIpc) is 3.06. The SMILES string of the molecule is CCCCc1cc(CC2CNCCC2CC(=O)NCCNC(C)=O)no1. The summed E-state index contributed by atoms with van der Waals surface area (Å²) in [6.45, 7) is 6.42. The lowest BCUT2D eigenvalue weighted by Gasteiger charge is -2.31. The number of amides is 2. The number of piperidine rings is 1. The summed E-state index contributed by atoms with van der Waals surface area (Å²) < 4.78 is 5.43. The predicted octanol–water partition coefficient (Wildman–Crippen LogP) is 1.43. The van der Waals surface area contributed by atoms with Gasteiger partial charge in [-0.25, -0.2) is 0 Å². The van der Waals surface area contributed by atoms with E-state index in [1.807, 2.05) is 0 Å². The van der Waals surface area contributed by atoms with E-state index in [1.54, 1.807) is 0 Å². The van der Waals surface area contributed by atoms with E-state index in [2.05, 4.69) is 34.1 Å². The largest absolute Gasteiger partial charge is 0.361 e. The number of carbonyl (C=O) groups excluding carboxylic acids is 2. The van der Waals surface area contributed by atoms with Crippen LogP contribution in [0.15, 0.2) is 10.6 Å². The van der Waals surface area contributed by atoms with E-state index in [4.69, 9.17) is 4.52 Å². The minimum Gasteiger partial charge on any atom is -0.361 e. The first-order valence-electron chi connectivity index (χ1n) is 9.74. The molecule has 2 amide bonds. The summed E-state index contributed by atoms with van der Waals surface area (Å²) >= 11 is 0. The molecule has 3 N–H and O–H groups in total. The molecular weight excluding hydrogens is 332 g/mol. The van der Waals surface area contributed by atoms with Crippen LogP contribution >= 0.6 is 0 Å². The van der Waals surface area contributed by atoms with Crippen LogP contribution in [-0.4, -0.2) is 43.2 Å². The zero-order valence-corrected chi connectivity index (χ0v) is 16.0. The summed E-state index contributed by atoms with van der Waals surface area (Å²) in [6.07, 6.45) is 5.54. The monoisotopic (exact) mass is 364 g/mol. The molecule has 7 heteroatoms. The van der Waals surface area contributed by atoms with Crippen LogP contribution in [0.5, 0.6) is 0 Å². The Hall–Kier alpha value is -1.89. The maximum atomic E-state index is 12.2. The molecule has 1 aliphatic heterocycles. The van der Waals surface area contributed by atoms with E-state index in [0.717, 1.165) is 56.6 Å². The van der Waals surface area contributed by atoms with E-state index >= 15 is 0 Å². The topological polar surface area (TPSA) is 96.3 Å². The zero-order chi connectivity index (χ0) is 18.8. The average molecular weight is 364 g/mol. The van der Waals surface area contributed by atoms with E-state index in [9.17, 15) is 9.59 Å². The van der Waals surface area contributed by atoms with Crippen molar-refractivity contribution < 1.29 is 14.1 Å². The van der Waals surface area contributed by atoms with E-state index in [1.165, 1.54) is 6.92 Å². The molecule has 0 aliphatic carbocycles. The molecular formula is C19H32N4O3. The van der Waals surface area contributed by atoms with Gasteiger partial charge in [0.15, 0.2) is 0 Å². The normalized spacial score (nSPS) is 19.9.